The molecule has 0 aliphatic carbocycles. The van der Waals surface area contributed by atoms with Crippen molar-refractivity contribution in [1.82, 2.24) is 10.6 Å². The van der Waals surface area contributed by atoms with Crippen LogP contribution in [0.1, 0.15) is 47.2 Å². The van der Waals surface area contributed by atoms with E-state index in [1.807, 2.05) is 30.3 Å². The van der Waals surface area contributed by atoms with Crippen molar-refractivity contribution in [3.63, 3.8) is 0 Å². The van der Waals surface area contributed by atoms with Crippen molar-refractivity contribution in [3.8, 4) is 0 Å². The number of carbonyl (C=O) groups excluding carboxylic acids is 2. The van der Waals surface area contributed by atoms with Gasteiger partial charge in [0, 0.05) is 19.4 Å². The number of carboxylic acids is 2. The summed E-state index contributed by atoms with van der Waals surface area (Å²) in [4.78, 5) is 46.1. The quantitative estimate of drug-likeness (QED) is 0.339. The molecule has 0 unspecified atom stereocenters. The topological polar surface area (TPSA) is 142 Å². The Kier molecular flexibility index (Phi) is 10.4. The van der Waals surface area contributed by atoms with Crippen LogP contribution >= 0.6 is 0 Å². The van der Waals surface area contributed by atoms with Crippen molar-refractivity contribution in [2.24, 2.45) is 0 Å². The third-order valence-corrected chi connectivity index (χ3v) is 4.84. The smallest absolute Gasteiger partial charge is 0.407 e. The van der Waals surface area contributed by atoms with Gasteiger partial charge in [-0.3, -0.25) is 4.79 Å². The van der Waals surface area contributed by atoms with Crippen molar-refractivity contribution < 1.29 is 34.1 Å². The van der Waals surface area contributed by atoms with Crippen molar-refractivity contribution >= 4 is 23.9 Å². The Morgan fingerprint density at radius 3 is 2.18 bits per heavy atom. The number of carbonyl (C=O) groups is 4. The maximum absolute atomic E-state index is 12.1. The molecule has 33 heavy (non-hydrogen) atoms. The molecule has 0 spiro atoms. The summed E-state index contributed by atoms with van der Waals surface area (Å²) < 4.78 is 5.11. The largest absolute Gasteiger partial charge is 0.480 e. The van der Waals surface area contributed by atoms with E-state index in [0.29, 0.717) is 31.4 Å². The third kappa shape index (κ3) is 9.86. The average molecular weight is 456 g/mol. The maximum Gasteiger partial charge on any atom is 0.407 e. The van der Waals surface area contributed by atoms with Gasteiger partial charge in [-0.2, -0.15) is 0 Å². The Morgan fingerprint density at radius 1 is 0.848 bits per heavy atom. The molecule has 0 bridgehead atoms. The molecule has 2 aromatic rings. The number of amides is 2. The van der Waals surface area contributed by atoms with E-state index in [-0.39, 0.29) is 30.9 Å². The van der Waals surface area contributed by atoms with E-state index in [4.69, 9.17) is 9.84 Å². The Bertz CT molecular complexity index is 930. The minimum absolute atomic E-state index is 0.0516. The SMILES string of the molecule is O=C(CCCCCNC(=O)OCc1ccccc1)N[C@@H](Cc1ccc(C(=O)O)cc1)C(=O)O. The lowest BCUT2D eigenvalue weighted by atomic mass is 10.0. The number of hydrogen-bond acceptors (Lipinski definition) is 5. The zero-order valence-electron chi connectivity index (χ0n) is 18.2. The van der Waals surface area contributed by atoms with Gasteiger partial charge in [0.1, 0.15) is 12.6 Å². The van der Waals surface area contributed by atoms with Gasteiger partial charge in [0.05, 0.1) is 5.56 Å². The Balaban J connectivity index is 1.61. The van der Waals surface area contributed by atoms with Crippen LogP contribution in [-0.4, -0.2) is 46.7 Å². The van der Waals surface area contributed by atoms with Crippen LogP contribution in [0.5, 0.6) is 0 Å². The van der Waals surface area contributed by atoms with Crippen LogP contribution in [0.4, 0.5) is 4.79 Å². The average Bonchev–Trinajstić information content (AvgIpc) is 2.80. The number of carboxylic acid groups (broad SMARTS) is 2. The van der Waals surface area contributed by atoms with Gasteiger partial charge in [0.25, 0.3) is 0 Å². The fraction of sp³-hybridized carbons (Fsp3) is 0.333. The highest BCUT2D eigenvalue weighted by Gasteiger charge is 2.20. The van der Waals surface area contributed by atoms with E-state index in [1.165, 1.54) is 24.3 Å². The van der Waals surface area contributed by atoms with Crippen LogP contribution in [0.25, 0.3) is 0 Å². The van der Waals surface area contributed by atoms with Gasteiger partial charge in [-0.05, 0) is 36.1 Å². The zero-order chi connectivity index (χ0) is 24.1. The Labute approximate surface area is 191 Å². The summed E-state index contributed by atoms with van der Waals surface area (Å²) in [5.74, 6) is -2.60. The number of hydrogen-bond donors (Lipinski definition) is 4. The number of alkyl carbamates (subject to hydrolysis) is 1. The van der Waals surface area contributed by atoms with Crippen LogP contribution in [0, 0.1) is 0 Å². The van der Waals surface area contributed by atoms with Crippen LogP contribution in [0.15, 0.2) is 54.6 Å². The summed E-state index contributed by atoms with van der Waals surface area (Å²) >= 11 is 0. The van der Waals surface area contributed by atoms with Crippen LogP contribution in [0.2, 0.25) is 0 Å². The Morgan fingerprint density at radius 2 is 1.55 bits per heavy atom. The van der Waals surface area contributed by atoms with Crippen LogP contribution in [-0.2, 0) is 27.4 Å². The molecule has 2 amide bonds. The fourth-order valence-electron chi connectivity index (χ4n) is 3.04. The molecule has 0 heterocycles. The lowest BCUT2D eigenvalue weighted by molar-refractivity contribution is -0.141. The van der Waals surface area contributed by atoms with E-state index < -0.39 is 24.1 Å². The molecule has 0 saturated carbocycles. The molecule has 0 aromatic heterocycles. The molecule has 2 aromatic carbocycles. The molecule has 0 aliphatic heterocycles. The van der Waals surface area contributed by atoms with Gasteiger partial charge in [-0.1, -0.05) is 48.9 Å². The van der Waals surface area contributed by atoms with Crippen molar-refractivity contribution in [1.29, 1.82) is 0 Å². The number of aromatic carboxylic acids is 1. The minimum atomic E-state index is -1.16. The number of unbranched alkanes of at least 4 members (excludes halogenated alkanes) is 2. The predicted molar refractivity (Wildman–Crippen MR) is 120 cm³/mol. The monoisotopic (exact) mass is 456 g/mol. The van der Waals surface area contributed by atoms with Crippen molar-refractivity contribution in [3.05, 3.63) is 71.3 Å². The van der Waals surface area contributed by atoms with Crippen LogP contribution < -0.4 is 10.6 Å². The van der Waals surface area contributed by atoms with E-state index >= 15 is 0 Å². The third-order valence-electron chi connectivity index (χ3n) is 4.84. The molecular weight excluding hydrogens is 428 g/mol. The van der Waals surface area contributed by atoms with Gasteiger partial charge in [-0.15, -0.1) is 0 Å². The first-order valence-electron chi connectivity index (χ1n) is 10.6. The molecule has 0 radical (unpaired) electrons. The highest BCUT2D eigenvalue weighted by Crippen LogP contribution is 2.08. The molecule has 9 nitrogen and oxygen atoms in total. The summed E-state index contributed by atoms with van der Waals surface area (Å²) in [5, 5.41) is 23.4. The first kappa shape index (κ1) is 25.4. The van der Waals surface area contributed by atoms with E-state index in [2.05, 4.69) is 10.6 Å². The molecule has 0 aliphatic rings. The van der Waals surface area contributed by atoms with Gasteiger partial charge >= 0.3 is 18.0 Å². The van der Waals surface area contributed by atoms with E-state index in [9.17, 15) is 24.3 Å². The molecule has 4 N–H and O–H groups in total. The second-order valence-electron chi connectivity index (χ2n) is 7.46. The predicted octanol–water partition coefficient (Wildman–Crippen LogP) is 2.98. The number of nitrogens with one attached hydrogen (secondary N) is 2. The normalized spacial score (nSPS) is 11.3. The summed E-state index contributed by atoms with van der Waals surface area (Å²) in [5.41, 5.74) is 1.61. The summed E-state index contributed by atoms with van der Waals surface area (Å²) in [6.45, 7) is 0.612. The highest BCUT2D eigenvalue weighted by atomic mass is 16.5. The number of ether oxygens (including phenoxy) is 1. The second-order valence-corrected chi connectivity index (χ2v) is 7.46. The summed E-state index contributed by atoms with van der Waals surface area (Å²) in [6, 6.07) is 14.1. The molecule has 176 valence electrons. The lowest BCUT2D eigenvalue weighted by Gasteiger charge is -2.15. The minimum Gasteiger partial charge on any atom is -0.480 e. The highest BCUT2D eigenvalue weighted by molar-refractivity contribution is 5.87. The van der Waals surface area contributed by atoms with Crippen LogP contribution in [0.3, 0.4) is 0 Å². The van der Waals surface area contributed by atoms with E-state index in [0.717, 1.165) is 5.56 Å². The van der Waals surface area contributed by atoms with Gasteiger partial charge in [-0.25, -0.2) is 14.4 Å². The maximum atomic E-state index is 12.1. The fourth-order valence-corrected chi connectivity index (χ4v) is 3.04. The summed E-state index contributed by atoms with van der Waals surface area (Å²) in [7, 11) is 0. The lowest BCUT2D eigenvalue weighted by Crippen LogP contribution is -2.42. The molecule has 9 heteroatoms. The standard InChI is InChI=1S/C24H28N2O7/c27-21(26-20(23(30)31)15-17-10-12-19(13-11-17)22(28)29)9-5-2-6-14-25-24(32)33-16-18-7-3-1-4-8-18/h1,3-4,7-8,10-13,20H,2,5-6,9,14-16H2,(H,25,32)(H,26,27)(H,28,29)(H,30,31)/t20-/m0/s1. The molecule has 2 rings (SSSR count). The molecule has 1 atom stereocenters. The van der Waals surface area contributed by atoms with E-state index in [1.54, 1.807) is 0 Å². The molecule has 0 saturated heterocycles. The van der Waals surface area contributed by atoms with Gasteiger partial charge < -0.3 is 25.6 Å². The van der Waals surface area contributed by atoms with Gasteiger partial charge in [0.2, 0.25) is 5.91 Å². The number of aliphatic carboxylic acids is 1. The second kappa shape index (κ2) is 13.5. The van der Waals surface area contributed by atoms with Gasteiger partial charge in [0.15, 0.2) is 0 Å². The molecular formula is C24H28N2O7. The number of rotatable bonds is 13. The first-order valence-corrected chi connectivity index (χ1v) is 10.6. The zero-order valence-corrected chi connectivity index (χ0v) is 18.2. The Hall–Kier alpha value is -3.88. The number of benzene rings is 2. The van der Waals surface area contributed by atoms with Crippen molar-refractivity contribution in [2.45, 2.75) is 44.8 Å². The first-order chi connectivity index (χ1) is 15.8. The molecule has 0 fully saturated rings. The summed E-state index contributed by atoms with van der Waals surface area (Å²) in [6.07, 6.45) is 1.60. The van der Waals surface area contributed by atoms with Crippen molar-refractivity contribution in [2.75, 3.05) is 6.54 Å².